The van der Waals surface area contributed by atoms with Crippen LogP contribution in [-0.2, 0) is 4.79 Å². The third kappa shape index (κ3) is 4.18. The van der Waals surface area contributed by atoms with E-state index < -0.39 is 12.1 Å². The van der Waals surface area contributed by atoms with E-state index in [-0.39, 0.29) is 18.1 Å². The van der Waals surface area contributed by atoms with Gasteiger partial charge in [-0.15, -0.1) is 11.3 Å². The Bertz CT molecular complexity index is 1120. The molecule has 3 aromatic heterocycles. The summed E-state index contributed by atoms with van der Waals surface area (Å²) in [5.41, 5.74) is 4.84. The molecule has 0 radical (unpaired) electrons. The predicted molar refractivity (Wildman–Crippen MR) is 112 cm³/mol. The number of amides is 1. The van der Waals surface area contributed by atoms with Gasteiger partial charge in [-0.05, 0) is 25.0 Å². The molecule has 0 unspecified atom stereocenters. The first kappa shape index (κ1) is 20.0. The minimum absolute atomic E-state index is 0.0102. The number of Topliss-reactive ketones (excluding diaryl/α,β-unsaturated/α-hetero) is 1. The van der Waals surface area contributed by atoms with E-state index in [0.29, 0.717) is 29.3 Å². The fraction of sp³-hybridized carbons (Fsp3) is 0.300. The highest BCUT2D eigenvalue weighted by molar-refractivity contribution is 7.14. The second-order valence-corrected chi connectivity index (χ2v) is 7.81. The summed E-state index contributed by atoms with van der Waals surface area (Å²) in [6.45, 7) is 3.69. The summed E-state index contributed by atoms with van der Waals surface area (Å²) >= 11 is 1.38. The fourth-order valence-electron chi connectivity index (χ4n) is 2.87. The molecule has 1 aliphatic rings. The fourth-order valence-corrected chi connectivity index (χ4v) is 3.57. The van der Waals surface area contributed by atoms with Crippen LogP contribution in [0.15, 0.2) is 30.2 Å². The largest absolute Gasteiger partial charge is 0.344 e. The molecule has 30 heavy (non-hydrogen) atoms. The van der Waals surface area contributed by atoms with E-state index >= 15 is 0 Å². The SMILES string of the molecule is CCC(=O)c1cc(C)c(Nc2scnc2-c2cc(NC(=O)[C@H]3C[C@H]3F)ncn2)cn1. The van der Waals surface area contributed by atoms with Crippen LogP contribution in [0.25, 0.3) is 11.4 Å². The lowest BCUT2D eigenvalue weighted by Gasteiger charge is -2.10. The summed E-state index contributed by atoms with van der Waals surface area (Å²) in [5, 5.41) is 6.64. The van der Waals surface area contributed by atoms with Crippen molar-refractivity contribution in [3.63, 3.8) is 0 Å². The summed E-state index contributed by atoms with van der Waals surface area (Å²) < 4.78 is 13.1. The van der Waals surface area contributed by atoms with Crippen LogP contribution in [0.4, 0.5) is 20.9 Å². The van der Waals surface area contributed by atoms with Gasteiger partial charge in [0.1, 0.15) is 34.7 Å². The quantitative estimate of drug-likeness (QED) is 0.551. The maximum absolute atomic E-state index is 13.1. The summed E-state index contributed by atoms with van der Waals surface area (Å²) in [4.78, 5) is 40.7. The highest BCUT2D eigenvalue weighted by Crippen LogP contribution is 2.35. The number of hydrogen-bond donors (Lipinski definition) is 2. The lowest BCUT2D eigenvalue weighted by molar-refractivity contribution is -0.117. The van der Waals surface area contributed by atoms with Crippen LogP contribution in [0.2, 0.25) is 0 Å². The monoisotopic (exact) mass is 426 g/mol. The average Bonchev–Trinajstić information content (AvgIpc) is 3.30. The number of halogens is 1. The molecule has 3 heterocycles. The Kier molecular flexibility index (Phi) is 5.49. The van der Waals surface area contributed by atoms with Gasteiger partial charge in [0, 0.05) is 12.5 Å². The third-order valence-corrected chi connectivity index (χ3v) is 5.49. The van der Waals surface area contributed by atoms with Crippen LogP contribution in [0.5, 0.6) is 0 Å². The maximum Gasteiger partial charge on any atom is 0.231 e. The number of pyridine rings is 1. The molecule has 1 fully saturated rings. The van der Waals surface area contributed by atoms with Crippen molar-refractivity contribution in [2.75, 3.05) is 10.6 Å². The zero-order chi connectivity index (χ0) is 21.3. The lowest BCUT2D eigenvalue weighted by Crippen LogP contribution is -2.16. The number of carbonyl (C=O) groups excluding carboxylic acids is 2. The minimum Gasteiger partial charge on any atom is -0.344 e. The third-order valence-electron chi connectivity index (χ3n) is 4.74. The standard InChI is InChI=1S/C20H19FN6O2S/c1-3-16(28)13-4-10(2)15(7-22-13)26-20-18(25-9-30-20)14-6-17(24-8-23-14)27-19(29)11-5-12(11)21/h4,6-9,11-12,26H,3,5H2,1-2H3,(H,23,24,27,29)/t11-,12+/m0/s1. The Morgan fingerprint density at radius 3 is 2.73 bits per heavy atom. The van der Waals surface area contributed by atoms with Gasteiger partial charge < -0.3 is 10.6 Å². The van der Waals surface area contributed by atoms with Crippen LogP contribution < -0.4 is 10.6 Å². The smallest absolute Gasteiger partial charge is 0.231 e. The number of aryl methyl sites for hydroxylation is 1. The first-order valence-corrected chi connectivity index (χ1v) is 10.3. The van der Waals surface area contributed by atoms with Crippen molar-refractivity contribution in [3.8, 4) is 11.4 Å². The molecule has 0 aromatic carbocycles. The van der Waals surface area contributed by atoms with E-state index in [2.05, 4.69) is 30.6 Å². The average molecular weight is 426 g/mol. The van der Waals surface area contributed by atoms with Gasteiger partial charge in [-0.2, -0.15) is 0 Å². The number of nitrogens with zero attached hydrogens (tertiary/aromatic N) is 4. The van der Waals surface area contributed by atoms with Crippen molar-refractivity contribution in [3.05, 3.63) is 41.4 Å². The molecule has 10 heteroatoms. The molecule has 2 atom stereocenters. The normalized spacial score (nSPS) is 17.4. The molecule has 1 saturated carbocycles. The number of alkyl halides is 1. The van der Waals surface area contributed by atoms with Gasteiger partial charge in [-0.1, -0.05) is 6.92 Å². The van der Waals surface area contributed by atoms with Crippen LogP contribution in [-0.4, -0.2) is 37.8 Å². The molecule has 0 bridgehead atoms. The lowest BCUT2D eigenvalue weighted by atomic mass is 10.1. The Labute approximate surface area is 176 Å². The number of nitrogens with one attached hydrogen (secondary N) is 2. The topological polar surface area (TPSA) is 110 Å². The molecule has 0 saturated heterocycles. The number of rotatable bonds is 7. The second kappa shape index (κ2) is 8.23. The Balaban J connectivity index is 1.54. The van der Waals surface area contributed by atoms with Crippen molar-refractivity contribution in [1.82, 2.24) is 19.9 Å². The van der Waals surface area contributed by atoms with Gasteiger partial charge in [0.05, 0.1) is 29.0 Å². The number of ketones is 1. The molecule has 1 aliphatic carbocycles. The molecular weight excluding hydrogens is 407 g/mol. The summed E-state index contributed by atoms with van der Waals surface area (Å²) in [7, 11) is 0. The molecule has 1 amide bonds. The Hall–Kier alpha value is -3.27. The number of thiazole rings is 1. The number of anilines is 3. The van der Waals surface area contributed by atoms with Gasteiger partial charge in [-0.3, -0.25) is 14.6 Å². The van der Waals surface area contributed by atoms with E-state index in [1.54, 1.807) is 30.8 Å². The van der Waals surface area contributed by atoms with Gasteiger partial charge in [0.15, 0.2) is 5.78 Å². The van der Waals surface area contributed by atoms with Crippen LogP contribution in [0, 0.1) is 12.8 Å². The maximum atomic E-state index is 13.1. The predicted octanol–water partition coefficient (Wildman–Crippen LogP) is 3.94. The van der Waals surface area contributed by atoms with E-state index in [4.69, 9.17) is 0 Å². The van der Waals surface area contributed by atoms with Gasteiger partial charge in [0.2, 0.25) is 5.91 Å². The molecule has 3 aromatic rings. The molecule has 154 valence electrons. The van der Waals surface area contributed by atoms with E-state index in [0.717, 1.165) is 16.3 Å². The summed E-state index contributed by atoms with van der Waals surface area (Å²) in [5.74, 6) is -0.697. The van der Waals surface area contributed by atoms with Crippen molar-refractivity contribution < 1.29 is 14.0 Å². The van der Waals surface area contributed by atoms with Crippen molar-refractivity contribution >= 4 is 39.5 Å². The molecular formula is C20H19FN6O2S. The minimum atomic E-state index is -1.07. The summed E-state index contributed by atoms with van der Waals surface area (Å²) in [6.07, 6.45) is 2.52. The number of hydrogen-bond acceptors (Lipinski definition) is 8. The van der Waals surface area contributed by atoms with E-state index in [1.165, 1.54) is 17.7 Å². The first-order chi connectivity index (χ1) is 14.5. The Morgan fingerprint density at radius 1 is 1.23 bits per heavy atom. The highest BCUT2D eigenvalue weighted by atomic mass is 32.1. The second-order valence-electron chi connectivity index (χ2n) is 6.95. The Morgan fingerprint density at radius 2 is 2.03 bits per heavy atom. The van der Waals surface area contributed by atoms with Gasteiger partial charge in [-0.25, -0.2) is 19.3 Å². The van der Waals surface area contributed by atoms with Gasteiger partial charge >= 0.3 is 0 Å². The van der Waals surface area contributed by atoms with Crippen LogP contribution >= 0.6 is 11.3 Å². The number of carbonyl (C=O) groups is 2. The molecule has 8 nitrogen and oxygen atoms in total. The van der Waals surface area contributed by atoms with Crippen molar-refractivity contribution in [2.45, 2.75) is 32.9 Å². The first-order valence-electron chi connectivity index (χ1n) is 9.44. The molecule has 2 N–H and O–H groups in total. The highest BCUT2D eigenvalue weighted by Gasteiger charge is 2.43. The zero-order valence-electron chi connectivity index (χ0n) is 16.3. The van der Waals surface area contributed by atoms with Crippen LogP contribution in [0.3, 0.4) is 0 Å². The number of aromatic nitrogens is 4. The van der Waals surface area contributed by atoms with Gasteiger partial charge in [0.25, 0.3) is 0 Å². The van der Waals surface area contributed by atoms with E-state index in [1.807, 2.05) is 6.92 Å². The van der Waals surface area contributed by atoms with Crippen molar-refractivity contribution in [2.24, 2.45) is 5.92 Å². The summed E-state index contributed by atoms with van der Waals surface area (Å²) in [6, 6.07) is 3.35. The zero-order valence-corrected chi connectivity index (χ0v) is 17.2. The van der Waals surface area contributed by atoms with Crippen LogP contribution in [0.1, 0.15) is 35.8 Å². The molecule has 0 spiro atoms. The molecule has 0 aliphatic heterocycles. The molecule has 4 rings (SSSR count). The van der Waals surface area contributed by atoms with Crippen molar-refractivity contribution in [1.29, 1.82) is 0 Å². The van der Waals surface area contributed by atoms with E-state index in [9.17, 15) is 14.0 Å².